The maximum absolute atomic E-state index is 13.3. The van der Waals surface area contributed by atoms with Gasteiger partial charge >= 0.3 is 0 Å². The Bertz CT molecular complexity index is 1570. The number of nitrogens with one attached hydrogen (secondary N) is 1. The Morgan fingerprint density at radius 2 is 1.88 bits per heavy atom. The van der Waals surface area contributed by atoms with Crippen molar-refractivity contribution in [3.8, 4) is 5.75 Å². The van der Waals surface area contributed by atoms with Crippen molar-refractivity contribution >= 4 is 30.8 Å². The summed E-state index contributed by atoms with van der Waals surface area (Å²) in [5.41, 5.74) is 0.344. The fourth-order valence-electron chi connectivity index (χ4n) is 5.37. The fraction of sp³-hybridized carbons (Fsp3) is 0.464. The van der Waals surface area contributed by atoms with Gasteiger partial charge in [-0.25, -0.2) is 16.8 Å². The maximum Gasteiger partial charge on any atom is 0.243 e. The topological polar surface area (TPSA) is 155 Å². The number of fused-ring (bicyclic) bond motifs is 1. The van der Waals surface area contributed by atoms with E-state index in [1.54, 1.807) is 42.6 Å². The van der Waals surface area contributed by atoms with Crippen LogP contribution in [0.2, 0.25) is 0 Å². The van der Waals surface area contributed by atoms with Gasteiger partial charge in [0.2, 0.25) is 10.0 Å². The summed E-state index contributed by atoms with van der Waals surface area (Å²) >= 11 is 0. The number of rotatable bonds is 11. The summed E-state index contributed by atoms with van der Waals surface area (Å²) in [6, 6.07) is 14.6. The molecule has 5 rings (SSSR count). The molecule has 2 aliphatic heterocycles. The largest absolute Gasteiger partial charge is 0.491 e. The summed E-state index contributed by atoms with van der Waals surface area (Å²) in [5.74, 6) is -0.0576. The second-order valence-corrected chi connectivity index (χ2v) is 14.6. The first kappa shape index (κ1) is 29.8. The van der Waals surface area contributed by atoms with E-state index in [9.17, 15) is 21.9 Å². The summed E-state index contributed by atoms with van der Waals surface area (Å²) in [5, 5.41) is 23.5. The van der Waals surface area contributed by atoms with Crippen molar-refractivity contribution in [2.45, 2.75) is 46.8 Å². The third-order valence-corrected chi connectivity index (χ3v) is 11.3. The number of ether oxygens (including phenoxy) is 2. The smallest absolute Gasteiger partial charge is 0.243 e. The van der Waals surface area contributed by atoms with Crippen molar-refractivity contribution < 1.29 is 36.5 Å². The van der Waals surface area contributed by atoms with Crippen molar-refractivity contribution in [3.05, 3.63) is 60.8 Å². The number of hydrogen-bond acceptors (Lipinski definition) is 10. The van der Waals surface area contributed by atoms with Crippen molar-refractivity contribution in [1.29, 1.82) is 0 Å². The van der Waals surface area contributed by atoms with E-state index in [1.165, 1.54) is 16.4 Å². The van der Waals surface area contributed by atoms with E-state index in [1.807, 2.05) is 6.07 Å². The second kappa shape index (κ2) is 12.3. The molecule has 2 unspecified atom stereocenters. The van der Waals surface area contributed by atoms with Gasteiger partial charge in [-0.1, -0.05) is 12.1 Å². The Kier molecular flexibility index (Phi) is 8.95. The lowest BCUT2D eigenvalue weighted by molar-refractivity contribution is -0.0312. The number of nitrogens with zero attached hydrogens (tertiary/aromatic N) is 2. The quantitative estimate of drug-likeness (QED) is 0.292. The lowest BCUT2D eigenvalue weighted by atomic mass is 9.88. The Morgan fingerprint density at radius 3 is 2.66 bits per heavy atom. The molecule has 11 nitrogen and oxygen atoms in total. The summed E-state index contributed by atoms with van der Waals surface area (Å²) < 4.78 is 64.2. The molecule has 1 aromatic heterocycles. The lowest BCUT2D eigenvalue weighted by Gasteiger charge is -2.38. The van der Waals surface area contributed by atoms with E-state index in [0.29, 0.717) is 44.7 Å². The molecular weight excluding hydrogens is 570 g/mol. The number of hydrogen-bond donors (Lipinski definition) is 3. The van der Waals surface area contributed by atoms with Crippen LogP contribution in [0.1, 0.15) is 19.3 Å². The summed E-state index contributed by atoms with van der Waals surface area (Å²) in [4.78, 5) is 4.57. The van der Waals surface area contributed by atoms with Gasteiger partial charge in [-0.3, -0.25) is 4.98 Å². The number of benzene rings is 2. The molecule has 3 heterocycles. The molecule has 0 saturated carbocycles. The minimum absolute atomic E-state index is 0.00717. The van der Waals surface area contributed by atoms with E-state index in [4.69, 9.17) is 14.6 Å². The van der Waals surface area contributed by atoms with E-state index < -0.39 is 38.2 Å². The Labute approximate surface area is 240 Å². The number of aliphatic hydroxyl groups is 2. The highest BCUT2D eigenvalue weighted by molar-refractivity contribution is 7.91. The van der Waals surface area contributed by atoms with Crippen molar-refractivity contribution in [1.82, 2.24) is 14.6 Å². The molecule has 2 atom stereocenters. The third kappa shape index (κ3) is 6.88. The fourth-order valence-corrected chi connectivity index (χ4v) is 7.91. The van der Waals surface area contributed by atoms with Gasteiger partial charge < -0.3 is 25.0 Å². The zero-order valence-corrected chi connectivity index (χ0v) is 24.2. The minimum atomic E-state index is -3.64. The molecule has 41 heavy (non-hydrogen) atoms. The molecular formula is C28H35N3O8S2. The molecule has 2 aliphatic rings. The standard InChI is InChI=1S/C28H35N3O8S2/c32-13-14-40(34,35)25-5-1-4-24(16-25)38-20-23(33)18-30-22-17-28(39-19-22)8-11-31(12-9-28)41(36,37)26-6-7-27-21(15-26)3-2-10-29-27/h1-7,10,15-16,22-23,30,32-33H,8-9,11-14,17-20H2. The highest BCUT2D eigenvalue weighted by atomic mass is 32.2. The highest BCUT2D eigenvalue weighted by Gasteiger charge is 2.44. The molecule has 3 N–H and O–H groups in total. The van der Waals surface area contributed by atoms with Crippen LogP contribution >= 0.6 is 0 Å². The maximum atomic E-state index is 13.3. The molecule has 1 spiro atoms. The van der Waals surface area contributed by atoms with Gasteiger partial charge in [0, 0.05) is 37.3 Å². The van der Waals surface area contributed by atoms with Gasteiger partial charge in [0.05, 0.1) is 39.9 Å². The van der Waals surface area contributed by atoms with Gasteiger partial charge in [0.15, 0.2) is 9.84 Å². The summed E-state index contributed by atoms with van der Waals surface area (Å²) in [6.45, 7) is 0.942. The van der Waals surface area contributed by atoms with Gasteiger partial charge in [0.1, 0.15) is 18.5 Å². The van der Waals surface area contributed by atoms with E-state index in [2.05, 4.69) is 10.3 Å². The van der Waals surface area contributed by atoms with Crippen LogP contribution in [-0.4, -0.2) is 99.3 Å². The number of sulfone groups is 1. The zero-order valence-electron chi connectivity index (χ0n) is 22.6. The average molecular weight is 606 g/mol. The molecule has 2 saturated heterocycles. The highest BCUT2D eigenvalue weighted by Crippen LogP contribution is 2.37. The SMILES string of the molecule is O=S(=O)(CCO)c1cccc(OCC(O)CNC2COC3(CCN(S(=O)(=O)c4ccc5ncccc5c4)CC3)C2)c1. The predicted molar refractivity (Wildman–Crippen MR) is 152 cm³/mol. The minimum Gasteiger partial charge on any atom is -0.491 e. The van der Waals surface area contributed by atoms with E-state index in [-0.39, 0.29) is 34.7 Å². The predicted octanol–water partition coefficient (Wildman–Crippen LogP) is 1.34. The van der Waals surface area contributed by atoms with Gasteiger partial charge in [-0.05, 0) is 61.7 Å². The number of aliphatic hydroxyl groups excluding tert-OH is 2. The van der Waals surface area contributed by atoms with E-state index in [0.717, 1.165) is 10.9 Å². The van der Waals surface area contributed by atoms with Crippen LogP contribution in [0.4, 0.5) is 0 Å². The van der Waals surface area contributed by atoms with Crippen LogP contribution in [0.3, 0.4) is 0 Å². The molecule has 13 heteroatoms. The molecule has 0 bridgehead atoms. The van der Waals surface area contributed by atoms with Crippen molar-refractivity contribution in [3.63, 3.8) is 0 Å². The molecule has 222 valence electrons. The Hall–Kier alpha value is -2.65. The van der Waals surface area contributed by atoms with Gasteiger partial charge in [-0.15, -0.1) is 0 Å². The van der Waals surface area contributed by atoms with Crippen LogP contribution < -0.4 is 10.1 Å². The first-order chi connectivity index (χ1) is 19.6. The van der Waals surface area contributed by atoms with Crippen LogP contribution in [-0.2, 0) is 24.6 Å². The summed E-state index contributed by atoms with van der Waals surface area (Å²) in [6.07, 6.45) is 2.72. The second-order valence-electron chi connectivity index (χ2n) is 10.5. The van der Waals surface area contributed by atoms with Gasteiger partial charge in [0.25, 0.3) is 0 Å². The molecule has 3 aromatic rings. The number of sulfonamides is 1. The number of piperidine rings is 1. The number of pyridine rings is 1. The molecule has 2 fully saturated rings. The van der Waals surface area contributed by atoms with E-state index >= 15 is 0 Å². The first-order valence-electron chi connectivity index (χ1n) is 13.6. The van der Waals surface area contributed by atoms with Gasteiger partial charge in [-0.2, -0.15) is 4.31 Å². The van der Waals surface area contributed by atoms with Crippen LogP contribution in [0, 0.1) is 0 Å². The molecule has 0 aliphatic carbocycles. The monoisotopic (exact) mass is 605 g/mol. The molecule has 2 aromatic carbocycles. The molecule has 0 amide bonds. The average Bonchev–Trinajstić information content (AvgIpc) is 3.37. The lowest BCUT2D eigenvalue weighted by Crippen LogP contribution is -2.47. The van der Waals surface area contributed by atoms with Crippen LogP contribution in [0.15, 0.2) is 70.6 Å². The first-order valence-corrected chi connectivity index (χ1v) is 16.7. The summed E-state index contributed by atoms with van der Waals surface area (Å²) in [7, 11) is -7.23. The van der Waals surface area contributed by atoms with Crippen LogP contribution in [0.5, 0.6) is 5.75 Å². The Balaban J connectivity index is 1.09. The molecule has 0 radical (unpaired) electrons. The normalized spacial score (nSPS) is 20.4. The van der Waals surface area contributed by atoms with Crippen molar-refractivity contribution in [2.75, 3.05) is 45.2 Å². The Morgan fingerprint density at radius 1 is 1.07 bits per heavy atom. The zero-order chi connectivity index (χ0) is 29.1. The number of aromatic nitrogens is 1. The van der Waals surface area contributed by atoms with Crippen LogP contribution in [0.25, 0.3) is 10.9 Å². The van der Waals surface area contributed by atoms with Crippen molar-refractivity contribution in [2.24, 2.45) is 0 Å². The third-order valence-electron chi connectivity index (χ3n) is 7.66.